The quantitative estimate of drug-likeness (QED) is 0.683. The van der Waals surface area contributed by atoms with Crippen LogP contribution in [0.1, 0.15) is 18.1 Å². The zero-order valence-electron chi connectivity index (χ0n) is 8.04. The lowest BCUT2D eigenvalue weighted by atomic mass is 10.2. The molecule has 68 valence electrons. The minimum absolute atomic E-state index is 0.494. The molecule has 0 spiro atoms. The maximum absolute atomic E-state index is 7.18. The number of aryl methyl sites for hydroxylation is 1. The van der Waals surface area contributed by atoms with Gasteiger partial charge < -0.3 is 5.41 Å². The van der Waals surface area contributed by atoms with E-state index in [0.29, 0.717) is 12.3 Å². The monoisotopic (exact) mass is 174 g/mol. The highest BCUT2D eigenvalue weighted by atomic mass is 14.7. The first-order valence-corrected chi connectivity index (χ1v) is 4.29. The molecule has 2 heteroatoms. The third-order valence-electron chi connectivity index (χ3n) is 1.65. The standard InChI is InChI=1S/C11H14N2/c1-9-3-5-11(6-4-9)8-13-7-10(2)12/h3-6,8,12H,7H2,1-2H3. The van der Waals surface area contributed by atoms with Crippen molar-refractivity contribution in [3.05, 3.63) is 35.4 Å². The second-order valence-corrected chi connectivity index (χ2v) is 3.16. The molecule has 0 aliphatic carbocycles. The van der Waals surface area contributed by atoms with Gasteiger partial charge in [-0.1, -0.05) is 29.8 Å². The molecule has 1 aromatic carbocycles. The lowest BCUT2D eigenvalue weighted by Crippen LogP contribution is -1.94. The number of nitrogens with one attached hydrogen (secondary N) is 1. The molecule has 2 nitrogen and oxygen atoms in total. The van der Waals surface area contributed by atoms with Crippen molar-refractivity contribution in [1.82, 2.24) is 0 Å². The summed E-state index contributed by atoms with van der Waals surface area (Å²) < 4.78 is 0. The lowest BCUT2D eigenvalue weighted by Gasteiger charge is -1.94. The minimum atomic E-state index is 0.494. The van der Waals surface area contributed by atoms with Crippen molar-refractivity contribution in [2.45, 2.75) is 13.8 Å². The molecule has 0 saturated heterocycles. The summed E-state index contributed by atoms with van der Waals surface area (Å²) >= 11 is 0. The average Bonchev–Trinajstić information content (AvgIpc) is 2.08. The Morgan fingerprint density at radius 1 is 1.38 bits per heavy atom. The molecule has 0 fully saturated rings. The Morgan fingerprint density at radius 3 is 2.54 bits per heavy atom. The van der Waals surface area contributed by atoms with Crippen molar-refractivity contribution in [3.63, 3.8) is 0 Å². The summed E-state index contributed by atoms with van der Waals surface area (Å²) in [5, 5.41) is 7.18. The average molecular weight is 174 g/mol. The highest BCUT2D eigenvalue weighted by Gasteiger charge is 1.87. The summed E-state index contributed by atoms with van der Waals surface area (Å²) in [5.74, 6) is 0. The van der Waals surface area contributed by atoms with Crippen LogP contribution in [0, 0.1) is 12.3 Å². The summed E-state index contributed by atoms with van der Waals surface area (Å²) in [6, 6.07) is 8.16. The van der Waals surface area contributed by atoms with Crippen LogP contribution >= 0.6 is 0 Å². The van der Waals surface area contributed by atoms with Gasteiger partial charge in [0.05, 0.1) is 6.54 Å². The zero-order valence-corrected chi connectivity index (χ0v) is 8.04. The van der Waals surface area contributed by atoms with Gasteiger partial charge in [-0.2, -0.15) is 0 Å². The van der Waals surface area contributed by atoms with E-state index >= 15 is 0 Å². The largest absolute Gasteiger partial charge is 0.308 e. The van der Waals surface area contributed by atoms with Crippen molar-refractivity contribution in [2.75, 3.05) is 6.54 Å². The smallest absolute Gasteiger partial charge is 0.0762 e. The maximum Gasteiger partial charge on any atom is 0.0762 e. The van der Waals surface area contributed by atoms with Crippen LogP contribution in [0.15, 0.2) is 29.3 Å². The number of rotatable bonds is 3. The van der Waals surface area contributed by atoms with Gasteiger partial charge in [-0.05, 0) is 19.4 Å². The Morgan fingerprint density at radius 2 is 2.00 bits per heavy atom. The van der Waals surface area contributed by atoms with E-state index in [9.17, 15) is 0 Å². The molecule has 13 heavy (non-hydrogen) atoms. The lowest BCUT2D eigenvalue weighted by molar-refractivity contribution is 1.25. The molecule has 0 aliphatic heterocycles. The van der Waals surface area contributed by atoms with Gasteiger partial charge in [-0.25, -0.2) is 0 Å². The fourth-order valence-corrected chi connectivity index (χ4v) is 0.941. The number of hydrogen-bond acceptors (Lipinski definition) is 2. The summed E-state index contributed by atoms with van der Waals surface area (Å²) in [6.07, 6.45) is 1.80. The van der Waals surface area contributed by atoms with E-state index in [1.165, 1.54) is 5.56 Å². The van der Waals surface area contributed by atoms with E-state index in [1.54, 1.807) is 13.1 Å². The number of hydrogen-bond donors (Lipinski definition) is 1. The normalized spacial score (nSPS) is 10.6. The Bertz CT molecular complexity index is 309. The highest BCUT2D eigenvalue weighted by Crippen LogP contribution is 1.99. The van der Waals surface area contributed by atoms with Crippen LogP contribution < -0.4 is 0 Å². The van der Waals surface area contributed by atoms with Crippen molar-refractivity contribution in [3.8, 4) is 0 Å². The molecule has 0 heterocycles. The third kappa shape index (κ3) is 3.65. The SMILES string of the molecule is CC(=N)CN=Cc1ccc(C)cc1. The van der Waals surface area contributed by atoms with Gasteiger partial charge in [-0.3, -0.25) is 4.99 Å². The summed E-state index contributed by atoms with van der Waals surface area (Å²) in [5.41, 5.74) is 2.93. The van der Waals surface area contributed by atoms with Crippen LogP contribution in [0.3, 0.4) is 0 Å². The Hall–Kier alpha value is -1.44. The summed E-state index contributed by atoms with van der Waals surface area (Å²) in [4.78, 5) is 4.12. The fraction of sp³-hybridized carbons (Fsp3) is 0.273. The first-order chi connectivity index (χ1) is 6.18. The van der Waals surface area contributed by atoms with E-state index in [4.69, 9.17) is 5.41 Å². The second-order valence-electron chi connectivity index (χ2n) is 3.16. The minimum Gasteiger partial charge on any atom is -0.308 e. The van der Waals surface area contributed by atoms with Crippen molar-refractivity contribution in [2.24, 2.45) is 4.99 Å². The first kappa shape index (κ1) is 9.65. The Kier molecular flexibility index (Phi) is 3.38. The van der Waals surface area contributed by atoms with Gasteiger partial charge in [-0.15, -0.1) is 0 Å². The van der Waals surface area contributed by atoms with E-state index in [1.807, 2.05) is 12.1 Å². The molecule has 0 saturated carbocycles. The molecule has 0 bridgehead atoms. The zero-order chi connectivity index (χ0) is 9.68. The van der Waals surface area contributed by atoms with Crippen molar-refractivity contribution >= 4 is 11.9 Å². The molecule has 1 aromatic rings. The van der Waals surface area contributed by atoms with Crippen molar-refractivity contribution in [1.29, 1.82) is 5.41 Å². The topological polar surface area (TPSA) is 36.2 Å². The van der Waals surface area contributed by atoms with Gasteiger partial charge in [0, 0.05) is 11.9 Å². The Labute approximate surface area is 78.8 Å². The fourth-order valence-electron chi connectivity index (χ4n) is 0.941. The van der Waals surface area contributed by atoms with E-state index < -0.39 is 0 Å². The molecule has 1 rings (SSSR count). The highest BCUT2D eigenvalue weighted by molar-refractivity contribution is 5.85. The molecule has 1 N–H and O–H groups in total. The molecule has 0 atom stereocenters. The van der Waals surface area contributed by atoms with Gasteiger partial charge in [0.1, 0.15) is 0 Å². The summed E-state index contributed by atoms with van der Waals surface area (Å²) in [6.45, 7) is 4.31. The molecule has 0 aromatic heterocycles. The molecule has 0 aliphatic rings. The van der Waals surface area contributed by atoms with E-state index in [0.717, 1.165) is 5.56 Å². The summed E-state index contributed by atoms with van der Waals surface area (Å²) in [7, 11) is 0. The predicted octanol–water partition coefficient (Wildman–Crippen LogP) is 2.45. The molecule has 0 radical (unpaired) electrons. The van der Waals surface area contributed by atoms with Gasteiger partial charge in [0.15, 0.2) is 0 Å². The van der Waals surface area contributed by atoms with E-state index in [-0.39, 0.29) is 0 Å². The predicted molar refractivity (Wildman–Crippen MR) is 57.0 cm³/mol. The third-order valence-corrected chi connectivity index (χ3v) is 1.65. The molecular formula is C11H14N2. The van der Waals surface area contributed by atoms with Crippen LogP contribution in [0.4, 0.5) is 0 Å². The van der Waals surface area contributed by atoms with Gasteiger partial charge >= 0.3 is 0 Å². The molecular weight excluding hydrogens is 160 g/mol. The number of benzene rings is 1. The number of aliphatic imine (C=N–C) groups is 1. The van der Waals surface area contributed by atoms with Crippen LogP contribution in [0.2, 0.25) is 0 Å². The van der Waals surface area contributed by atoms with Crippen LogP contribution in [-0.4, -0.2) is 18.5 Å². The van der Waals surface area contributed by atoms with Crippen molar-refractivity contribution < 1.29 is 0 Å². The first-order valence-electron chi connectivity index (χ1n) is 4.29. The van der Waals surface area contributed by atoms with Gasteiger partial charge in [0.2, 0.25) is 0 Å². The van der Waals surface area contributed by atoms with E-state index in [2.05, 4.69) is 24.0 Å². The van der Waals surface area contributed by atoms with Gasteiger partial charge in [0.25, 0.3) is 0 Å². The van der Waals surface area contributed by atoms with Crippen LogP contribution in [-0.2, 0) is 0 Å². The second kappa shape index (κ2) is 4.55. The van der Waals surface area contributed by atoms with Crippen LogP contribution in [0.25, 0.3) is 0 Å². The Balaban J connectivity index is 2.59. The number of nitrogens with zero attached hydrogens (tertiary/aromatic N) is 1. The molecule has 0 amide bonds. The van der Waals surface area contributed by atoms with Crippen LogP contribution in [0.5, 0.6) is 0 Å². The molecule has 0 unspecified atom stereocenters. The maximum atomic E-state index is 7.18.